The average molecular weight is 489 g/mol. The molecule has 0 bridgehead atoms. The van der Waals surface area contributed by atoms with E-state index in [-0.39, 0.29) is 11.3 Å². The van der Waals surface area contributed by atoms with Gasteiger partial charge in [0.25, 0.3) is 0 Å². The summed E-state index contributed by atoms with van der Waals surface area (Å²) in [4.78, 5) is 4.82. The van der Waals surface area contributed by atoms with Gasteiger partial charge in [0.05, 0.1) is 11.2 Å². The van der Waals surface area contributed by atoms with Crippen LogP contribution in [0.2, 0.25) is 0 Å². The van der Waals surface area contributed by atoms with Crippen molar-refractivity contribution in [1.82, 2.24) is 19.7 Å². The Morgan fingerprint density at radius 2 is 1.60 bits per heavy atom. The van der Waals surface area contributed by atoms with E-state index in [2.05, 4.69) is 16.8 Å². The van der Waals surface area contributed by atoms with Gasteiger partial charge < -0.3 is 0 Å². The zero-order chi connectivity index (χ0) is 24.4. The maximum Gasteiger partial charge on any atom is 0.192 e. The van der Waals surface area contributed by atoms with Crippen molar-refractivity contribution >= 4 is 22.7 Å². The van der Waals surface area contributed by atoms with E-state index in [0.717, 1.165) is 33.8 Å². The molecule has 0 N–H and O–H groups in total. The van der Waals surface area contributed by atoms with Crippen molar-refractivity contribution in [2.24, 2.45) is 0 Å². The number of allylic oxidation sites excluding steroid dienone is 1. The van der Waals surface area contributed by atoms with Crippen LogP contribution in [0.5, 0.6) is 0 Å². The fraction of sp³-hybridized carbons (Fsp3) is 0.0741. The minimum Gasteiger partial charge on any atom is -0.298 e. The zero-order valence-corrected chi connectivity index (χ0v) is 19.3. The first-order chi connectivity index (χ1) is 17.0. The molecule has 0 unspecified atom stereocenters. The van der Waals surface area contributed by atoms with Gasteiger partial charge in [0.15, 0.2) is 22.6 Å². The lowest BCUT2D eigenvalue weighted by molar-refractivity contribution is 0.492. The predicted octanol–water partition coefficient (Wildman–Crippen LogP) is 7.06. The molecular weight excluding hydrogens is 469 g/mol. The monoisotopic (exact) mass is 488 g/mol. The molecule has 8 heteroatoms. The highest BCUT2D eigenvalue weighted by Gasteiger charge is 2.19. The molecule has 0 saturated heterocycles. The van der Waals surface area contributed by atoms with Gasteiger partial charge in [-0.3, -0.25) is 4.57 Å². The summed E-state index contributed by atoms with van der Waals surface area (Å²) in [5, 5.41) is 10.2. The lowest BCUT2D eigenvalue weighted by Gasteiger charge is -2.12. The van der Waals surface area contributed by atoms with Gasteiger partial charge in [-0.2, -0.15) is 0 Å². The van der Waals surface area contributed by atoms with Crippen molar-refractivity contribution in [2.45, 2.75) is 17.5 Å². The Morgan fingerprint density at radius 3 is 2.40 bits per heavy atom. The number of rotatable bonds is 7. The maximum absolute atomic E-state index is 14.1. The molecule has 0 aliphatic carbocycles. The van der Waals surface area contributed by atoms with Crippen LogP contribution >= 0.6 is 11.8 Å². The van der Waals surface area contributed by atoms with Gasteiger partial charge >= 0.3 is 0 Å². The number of benzene rings is 3. The summed E-state index contributed by atoms with van der Waals surface area (Å²) in [6.45, 7) is 4.25. The van der Waals surface area contributed by atoms with Crippen LogP contribution in [0.1, 0.15) is 5.56 Å². The molecule has 4 nitrogen and oxygen atoms in total. The zero-order valence-electron chi connectivity index (χ0n) is 18.5. The summed E-state index contributed by atoms with van der Waals surface area (Å²) in [7, 11) is 0. The Morgan fingerprint density at radius 1 is 0.857 bits per heavy atom. The van der Waals surface area contributed by atoms with Crippen molar-refractivity contribution in [3.05, 3.63) is 108 Å². The number of aromatic nitrogens is 4. The summed E-state index contributed by atoms with van der Waals surface area (Å²) < 4.78 is 42.9. The topological polar surface area (TPSA) is 43.6 Å². The number of halogens is 3. The molecule has 0 saturated carbocycles. The Kier molecular flexibility index (Phi) is 6.37. The van der Waals surface area contributed by atoms with Gasteiger partial charge in [-0.25, -0.2) is 18.2 Å². The SMILES string of the molecule is C=CCn1c(SCc2cc(F)c(F)cc2F)nnc1-c1cc(-c2ccccc2)nc2ccccc12. The van der Waals surface area contributed by atoms with Crippen LogP contribution in [-0.2, 0) is 12.3 Å². The largest absolute Gasteiger partial charge is 0.298 e. The number of nitrogens with zero attached hydrogens (tertiary/aromatic N) is 4. The summed E-state index contributed by atoms with van der Waals surface area (Å²) >= 11 is 1.19. The Balaban J connectivity index is 1.58. The molecule has 0 atom stereocenters. The maximum atomic E-state index is 14.1. The number of fused-ring (bicyclic) bond motifs is 1. The van der Waals surface area contributed by atoms with Crippen LogP contribution in [0.3, 0.4) is 0 Å². The fourth-order valence-electron chi connectivity index (χ4n) is 3.82. The molecule has 0 aliphatic rings. The van der Waals surface area contributed by atoms with E-state index in [4.69, 9.17) is 4.98 Å². The predicted molar refractivity (Wildman–Crippen MR) is 132 cm³/mol. The quantitative estimate of drug-likeness (QED) is 0.140. The van der Waals surface area contributed by atoms with E-state index in [1.165, 1.54) is 11.8 Å². The molecule has 3 aromatic carbocycles. The second-order valence-corrected chi connectivity index (χ2v) is 8.73. The summed E-state index contributed by atoms with van der Waals surface area (Å²) in [6, 6.07) is 21.0. The minimum absolute atomic E-state index is 0.0457. The normalized spacial score (nSPS) is 11.2. The van der Waals surface area contributed by atoms with Crippen LogP contribution in [-0.4, -0.2) is 19.7 Å². The van der Waals surface area contributed by atoms with Crippen LogP contribution in [0.15, 0.2) is 90.6 Å². The van der Waals surface area contributed by atoms with Crippen molar-refractivity contribution in [1.29, 1.82) is 0 Å². The standard InChI is InChI=1S/C27H19F3N4S/c1-2-12-34-26(32-33-27(34)35-16-18-13-22(29)23(30)15-21(18)28)20-14-25(17-8-4-3-5-9-17)31-24-11-7-6-10-19(20)24/h2-11,13-15H,1,12,16H2. The number of hydrogen-bond acceptors (Lipinski definition) is 4. The molecule has 0 radical (unpaired) electrons. The molecule has 0 fully saturated rings. The molecule has 0 aliphatic heterocycles. The minimum atomic E-state index is -1.22. The van der Waals surface area contributed by atoms with Crippen LogP contribution in [0.25, 0.3) is 33.5 Å². The Hall–Kier alpha value is -3.91. The van der Waals surface area contributed by atoms with E-state index in [9.17, 15) is 13.2 Å². The lowest BCUT2D eigenvalue weighted by atomic mass is 10.0. The van der Waals surface area contributed by atoms with E-state index in [1.807, 2.05) is 65.2 Å². The van der Waals surface area contributed by atoms with Gasteiger partial charge in [0, 0.05) is 40.4 Å². The van der Waals surface area contributed by atoms with Gasteiger partial charge in [-0.15, -0.1) is 16.8 Å². The third kappa shape index (κ3) is 4.57. The summed E-state index contributed by atoms with van der Waals surface area (Å²) in [5.41, 5.74) is 3.47. The van der Waals surface area contributed by atoms with E-state index in [1.54, 1.807) is 6.08 Å². The van der Waals surface area contributed by atoms with Crippen molar-refractivity contribution in [3.63, 3.8) is 0 Å². The molecule has 2 aromatic heterocycles. The first-order valence-electron chi connectivity index (χ1n) is 10.8. The number of pyridine rings is 1. The van der Waals surface area contributed by atoms with Crippen LogP contribution in [0.4, 0.5) is 13.2 Å². The number of para-hydroxylation sites is 1. The summed E-state index contributed by atoms with van der Waals surface area (Å²) in [6.07, 6.45) is 1.72. The molecule has 174 valence electrons. The molecule has 0 amide bonds. The highest BCUT2D eigenvalue weighted by atomic mass is 32.2. The Labute approximate surface area is 204 Å². The van der Waals surface area contributed by atoms with Crippen LogP contribution < -0.4 is 0 Å². The first kappa shape index (κ1) is 22.9. The fourth-order valence-corrected chi connectivity index (χ4v) is 4.74. The third-order valence-electron chi connectivity index (χ3n) is 5.50. The highest BCUT2D eigenvalue weighted by Crippen LogP contribution is 2.34. The smallest absolute Gasteiger partial charge is 0.192 e. The van der Waals surface area contributed by atoms with Crippen molar-refractivity contribution < 1.29 is 13.2 Å². The summed E-state index contributed by atoms with van der Waals surface area (Å²) in [5.74, 6) is -2.45. The first-order valence-corrected chi connectivity index (χ1v) is 11.8. The van der Waals surface area contributed by atoms with E-state index in [0.29, 0.717) is 23.6 Å². The molecule has 2 heterocycles. The van der Waals surface area contributed by atoms with Gasteiger partial charge in [0.2, 0.25) is 0 Å². The van der Waals surface area contributed by atoms with Crippen LogP contribution in [0, 0.1) is 17.5 Å². The van der Waals surface area contributed by atoms with E-state index >= 15 is 0 Å². The second-order valence-electron chi connectivity index (χ2n) is 7.79. The van der Waals surface area contributed by atoms with Crippen molar-refractivity contribution in [3.8, 4) is 22.6 Å². The molecule has 5 aromatic rings. The number of thioether (sulfide) groups is 1. The van der Waals surface area contributed by atoms with Gasteiger partial charge in [-0.1, -0.05) is 66.4 Å². The van der Waals surface area contributed by atoms with Gasteiger partial charge in [-0.05, 0) is 18.2 Å². The van der Waals surface area contributed by atoms with Crippen molar-refractivity contribution in [2.75, 3.05) is 0 Å². The number of hydrogen-bond donors (Lipinski definition) is 0. The second kappa shape index (κ2) is 9.76. The average Bonchev–Trinajstić information content (AvgIpc) is 3.27. The molecular formula is C27H19F3N4S. The molecule has 35 heavy (non-hydrogen) atoms. The molecule has 0 spiro atoms. The molecule has 5 rings (SSSR count). The van der Waals surface area contributed by atoms with Gasteiger partial charge in [0.1, 0.15) is 5.82 Å². The highest BCUT2D eigenvalue weighted by molar-refractivity contribution is 7.98. The third-order valence-corrected chi connectivity index (χ3v) is 6.52. The van der Waals surface area contributed by atoms with E-state index < -0.39 is 17.5 Å². The lowest BCUT2D eigenvalue weighted by Crippen LogP contribution is -2.02. The Bertz CT molecular complexity index is 1530.